The van der Waals surface area contributed by atoms with Gasteiger partial charge in [-0.05, 0) is 30.2 Å². The summed E-state index contributed by atoms with van der Waals surface area (Å²) in [6, 6.07) is 17.6. The van der Waals surface area contributed by atoms with E-state index in [1.807, 2.05) is 36.4 Å². The number of para-hydroxylation sites is 1. The fourth-order valence-electron chi connectivity index (χ4n) is 4.52. The Kier molecular flexibility index (Phi) is 7.48. The molecule has 1 unspecified atom stereocenters. The van der Waals surface area contributed by atoms with E-state index in [9.17, 15) is 19.1 Å². The minimum atomic E-state index is -4.78. The first kappa shape index (κ1) is 27.0. The van der Waals surface area contributed by atoms with Crippen LogP contribution in [0.2, 0.25) is 0 Å². The molecule has 4 aromatic rings. The number of phosphoric ester groups is 1. The van der Waals surface area contributed by atoms with Crippen LogP contribution in [-0.4, -0.2) is 66.5 Å². The molecule has 14 nitrogen and oxygen atoms in total. The minimum absolute atomic E-state index is 0.160. The van der Waals surface area contributed by atoms with Crippen molar-refractivity contribution in [2.24, 2.45) is 0 Å². The number of carbonyl (C=O) groups excluding carboxylic acids is 1. The van der Waals surface area contributed by atoms with Crippen LogP contribution in [0.3, 0.4) is 0 Å². The summed E-state index contributed by atoms with van der Waals surface area (Å²) < 4.78 is 35.8. The standard InChI is InChI=1S/C26H23N6O8P/c33-26(30-17-9-5-2-6-10-17)31-23-20-24(28-14-27-23)32(15-29-20)25-22-21(18(38-25)13-37-41(34,35)36)39-19(40-22)12-11-16-7-3-1-4-8-16/h1-10,14-15,18-19,21-22,25H,13H2,(H2,34,35,36)(H2,27,28,30,31,33)/t18-,19?,21-,22-,25-/m1/s1. The van der Waals surface area contributed by atoms with Crippen molar-refractivity contribution in [3.8, 4) is 11.8 Å². The van der Waals surface area contributed by atoms with Gasteiger partial charge in [-0.3, -0.25) is 14.4 Å². The zero-order valence-electron chi connectivity index (χ0n) is 21.1. The predicted octanol–water partition coefficient (Wildman–Crippen LogP) is 2.64. The highest BCUT2D eigenvalue weighted by molar-refractivity contribution is 7.46. The molecule has 2 aromatic carbocycles. The van der Waals surface area contributed by atoms with Gasteiger partial charge in [0, 0.05) is 11.3 Å². The maximum Gasteiger partial charge on any atom is 0.469 e. The van der Waals surface area contributed by atoms with E-state index in [1.54, 1.807) is 28.8 Å². The van der Waals surface area contributed by atoms with Gasteiger partial charge in [-0.1, -0.05) is 42.3 Å². The number of nitrogens with one attached hydrogen (secondary N) is 2. The number of urea groups is 1. The quantitative estimate of drug-likeness (QED) is 0.195. The van der Waals surface area contributed by atoms with E-state index < -0.39 is 51.3 Å². The lowest BCUT2D eigenvalue weighted by Gasteiger charge is -2.20. The molecule has 2 amide bonds. The number of anilines is 2. The molecule has 0 saturated carbocycles. The summed E-state index contributed by atoms with van der Waals surface area (Å²) in [5, 5.41) is 5.38. The molecule has 0 aliphatic carbocycles. The van der Waals surface area contributed by atoms with Crippen molar-refractivity contribution in [2.75, 3.05) is 17.2 Å². The van der Waals surface area contributed by atoms with Crippen LogP contribution in [0.1, 0.15) is 11.8 Å². The van der Waals surface area contributed by atoms with E-state index in [2.05, 4.69) is 37.4 Å². The second-order valence-corrected chi connectivity index (χ2v) is 10.3. The van der Waals surface area contributed by atoms with Gasteiger partial charge in [0.25, 0.3) is 0 Å². The van der Waals surface area contributed by atoms with Crippen LogP contribution in [0.5, 0.6) is 0 Å². The lowest BCUT2D eigenvalue weighted by Crippen LogP contribution is -2.31. The average molecular weight is 578 g/mol. The molecule has 15 heteroatoms. The number of imidazole rings is 1. The fourth-order valence-corrected chi connectivity index (χ4v) is 4.86. The van der Waals surface area contributed by atoms with Gasteiger partial charge in [0.15, 0.2) is 23.2 Å². The summed E-state index contributed by atoms with van der Waals surface area (Å²) in [6.07, 6.45) is -1.53. The number of rotatable bonds is 6. The van der Waals surface area contributed by atoms with Crippen molar-refractivity contribution in [3.63, 3.8) is 0 Å². The van der Waals surface area contributed by atoms with Crippen LogP contribution >= 0.6 is 7.82 Å². The zero-order valence-corrected chi connectivity index (χ0v) is 22.0. The molecule has 5 atom stereocenters. The Morgan fingerprint density at radius 3 is 2.46 bits per heavy atom. The SMILES string of the molecule is O=C(Nc1ccccc1)Nc1ncnc2c1ncn2[C@@H]1O[C@H](COP(=O)(O)O)[C@H]2OC(C#Cc3ccccc3)O[C@H]21. The average Bonchev–Trinajstić information content (AvgIpc) is 3.66. The van der Waals surface area contributed by atoms with Crippen LogP contribution in [0.25, 0.3) is 11.2 Å². The van der Waals surface area contributed by atoms with E-state index >= 15 is 0 Å². The molecule has 210 valence electrons. The van der Waals surface area contributed by atoms with Crippen molar-refractivity contribution < 1.29 is 37.9 Å². The largest absolute Gasteiger partial charge is 0.469 e. The molecule has 2 aromatic heterocycles. The van der Waals surface area contributed by atoms with Crippen LogP contribution in [0.15, 0.2) is 73.3 Å². The number of ether oxygens (including phenoxy) is 3. The number of hydrogen-bond donors (Lipinski definition) is 4. The van der Waals surface area contributed by atoms with Crippen molar-refractivity contribution in [1.29, 1.82) is 0 Å². The highest BCUT2D eigenvalue weighted by Gasteiger charge is 2.54. The number of amides is 2. The Morgan fingerprint density at radius 1 is 0.976 bits per heavy atom. The van der Waals surface area contributed by atoms with Crippen LogP contribution in [0.4, 0.5) is 16.3 Å². The van der Waals surface area contributed by atoms with Crippen molar-refractivity contribution in [2.45, 2.75) is 30.8 Å². The number of hydrogen-bond acceptors (Lipinski definition) is 9. The first-order valence-corrected chi connectivity index (χ1v) is 13.9. The number of aromatic nitrogens is 4. The lowest BCUT2D eigenvalue weighted by molar-refractivity contribution is -0.129. The summed E-state index contributed by atoms with van der Waals surface area (Å²) in [6.45, 7) is -0.460. The maximum absolute atomic E-state index is 12.6. The molecule has 0 radical (unpaired) electrons. The van der Waals surface area contributed by atoms with E-state index in [-0.39, 0.29) is 11.3 Å². The first-order valence-electron chi connectivity index (χ1n) is 12.4. The number of carbonyl (C=O) groups is 1. The van der Waals surface area contributed by atoms with Gasteiger partial charge < -0.3 is 29.3 Å². The highest BCUT2D eigenvalue weighted by atomic mass is 31.2. The molecule has 0 bridgehead atoms. The minimum Gasteiger partial charge on any atom is -0.347 e. The van der Waals surface area contributed by atoms with Gasteiger partial charge in [-0.15, -0.1) is 0 Å². The van der Waals surface area contributed by atoms with Crippen LogP contribution in [-0.2, 0) is 23.3 Å². The van der Waals surface area contributed by atoms with Gasteiger partial charge >= 0.3 is 13.9 Å². The predicted molar refractivity (Wildman–Crippen MR) is 143 cm³/mol. The zero-order chi connectivity index (χ0) is 28.4. The summed E-state index contributed by atoms with van der Waals surface area (Å²) in [5.74, 6) is 6.07. The highest BCUT2D eigenvalue weighted by Crippen LogP contribution is 2.43. The number of benzene rings is 2. The third-order valence-corrected chi connectivity index (χ3v) is 6.74. The molecule has 2 aliphatic rings. The molecule has 41 heavy (non-hydrogen) atoms. The lowest BCUT2D eigenvalue weighted by atomic mass is 10.1. The Labute approximate surface area is 232 Å². The van der Waals surface area contributed by atoms with Gasteiger partial charge in [-0.25, -0.2) is 24.3 Å². The van der Waals surface area contributed by atoms with E-state index in [4.69, 9.17) is 18.7 Å². The second-order valence-electron chi connectivity index (χ2n) is 9.01. The van der Waals surface area contributed by atoms with Gasteiger partial charge in [0.1, 0.15) is 24.6 Å². The molecule has 2 saturated heterocycles. The monoisotopic (exact) mass is 578 g/mol. The third-order valence-electron chi connectivity index (χ3n) is 6.26. The number of nitrogens with zero attached hydrogens (tertiary/aromatic N) is 4. The molecule has 2 aliphatic heterocycles. The van der Waals surface area contributed by atoms with Crippen molar-refractivity contribution >= 4 is 36.5 Å². The molecule has 6 rings (SSSR count). The van der Waals surface area contributed by atoms with Crippen LogP contribution in [0, 0.1) is 11.8 Å². The van der Waals surface area contributed by atoms with Crippen LogP contribution < -0.4 is 10.6 Å². The summed E-state index contributed by atoms with van der Waals surface area (Å²) in [4.78, 5) is 43.9. The molecule has 4 heterocycles. The Morgan fingerprint density at radius 2 is 1.71 bits per heavy atom. The Bertz CT molecular complexity index is 1650. The normalized spacial score (nSPS) is 23.5. The number of phosphoric acid groups is 1. The summed E-state index contributed by atoms with van der Waals surface area (Å²) in [7, 11) is -4.78. The number of fused-ring (bicyclic) bond motifs is 2. The topological polar surface area (TPSA) is 179 Å². The van der Waals surface area contributed by atoms with E-state index in [0.717, 1.165) is 5.56 Å². The van der Waals surface area contributed by atoms with Gasteiger partial charge in [0.05, 0.1) is 12.9 Å². The second kappa shape index (κ2) is 11.4. The molecular formula is C26H23N6O8P. The molecule has 4 N–H and O–H groups in total. The van der Waals surface area contributed by atoms with E-state index in [0.29, 0.717) is 11.3 Å². The smallest absolute Gasteiger partial charge is 0.347 e. The Hall–Kier alpha value is -4.19. The summed E-state index contributed by atoms with van der Waals surface area (Å²) in [5.41, 5.74) is 1.96. The maximum atomic E-state index is 12.6. The van der Waals surface area contributed by atoms with Gasteiger partial charge in [0.2, 0.25) is 6.29 Å². The first-order chi connectivity index (χ1) is 19.8. The third kappa shape index (κ3) is 6.12. The van der Waals surface area contributed by atoms with Crippen molar-refractivity contribution in [3.05, 3.63) is 78.9 Å². The summed E-state index contributed by atoms with van der Waals surface area (Å²) >= 11 is 0. The molecular weight excluding hydrogens is 555 g/mol. The molecule has 2 fully saturated rings. The fraction of sp³-hybridized carbons (Fsp3) is 0.231. The van der Waals surface area contributed by atoms with E-state index in [1.165, 1.54) is 12.7 Å². The van der Waals surface area contributed by atoms with Gasteiger partial charge in [-0.2, -0.15) is 0 Å². The molecule has 0 spiro atoms. The Balaban J connectivity index is 1.25. The van der Waals surface area contributed by atoms with Crippen molar-refractivity contribution in [1.82, 2.24) is 19.5 Å².